The summed E-state index contributed by atoms with van der Waals surface area (Å²) >= 11 is 0. The van der Waals surface area contributed by atoms with Gasteiger partial charge in [0.15, 0.2) is 0 Å². The first-order valence-corrected chi connectivity index (χ1v) is 13.3. The van der Waals surface area contributed by atoms with Crippen LogP contribution in [0.2, 0.25) is 0 Å². The Balaban J connectivity index is 1.12. The summed E-state index contributed by atoms with van der Waals surface area (Å²) in [6, 6.07) is 23.4. The van der Waals surface area contributed by atoms with Crippen LogP contribution in [0, 0.1) is 0 Å². The van der Waals surface area contributed by atoms with E-state index >= 15 is 0 Å². The second-order valence-corrected chi connectivity index (χ2v) is 10.3. The van der Waals surface area contributed by atoms with Crippen LogP contribution in [-0.2, 0) is 16.6 Å². The van der Waals surface area contributed by atoms with Crippen LogP contribution in [-0.4, -0.2) is 39.1 Å². The molecular weight excluding hydrogens is 518 g/mol. The Labute approximate surface area is 222 Å². The van der Waals surface area contributed by atoms with Crippen LogP contribution in [0.25, 0.3) is 16.7 Å². The fraction of sp³-hybridized carbons (Fsp3) is 0.0370. The number of aromatic nitrogens is 5. The fourth-order valence-corrected chi connectivity index (χ4v) is 5.08. The lowest BCUT2D eigenvalue weighted by Crippen LogP contribution is -2.15. The molecule has 6 rings (SSSR count). The van der Waals surface area contributed by atoms with Crippen molar-refractivity contribution < 1.29 is 17.9 Å². The lowest BCUT2D eigenvalue weighted by Gasteiger charge is -2.11. The molecule has 0 radical (unpaired) electrons. The zero-order valence-electron chi connectivity index (χ0n) is 20.3. The van der Waals surface area contributed by atoms with E-state index in [1.54, 1.807) is 48.5 Å². The van der Waals surface area contributed by atoms with E-state index < -0.39 is 15.9 Å². The highest BCUT2D eigenvalue weighted by molar-refractivity contribution is 7.92. The number of carbonyl (C=O) groups is 1. The lowest BCUT2D eigenvalue weighted by atomic mass is 10.2. The maximum Gasteiger partial charge on any atom is 0.261 e. The number of fused-ring (bicyclic) bond motifs is 2. The third kappa shape index (κ3) is 5.26. The number of hydrogen-bond acceptors (Lipinski definition) is 7. The van der Waals surface area contributed by atoms with Gasteiger partial charge in [0.05, 0.1) is 10.6 Å². The predicted octanol–water partition coefficient (Wildman–Crippen LogP) is 4.24. The summed E-state index contributed by atoms with van der Waals surface area (Å²) in [5.41, 5.74) is 3.63. The van der Waals surface area contributed by atoms with Gasteiger partial charge in [-0.15, -0.1) is 0 Å². The first-order valence-electron chi connectivity index (χ1n) is 11.8. The van der Waals surface area contributed by atoms with E-state index in [1.165, 1.54) is 18.2 Å². The number of benzene rings is 3. The molecule has 12 heteroatoms. The molecule has 3 N–H and O–H groups in total. The minimum Gasteiger partial charge on any atom is -0.487 e. The maximum atomic E-state index is 12.9. The van der Waals surface area contributed by atoms with E-state index in [0.717, 1.165) is 11.3 Å². The molecule has 39 heavy (non-hydrogen) atoms. The number of hydrogen-bond donors (Lipinski definition) is 3. The van der Waals surface area contributed by atoms with Gasteiger partial charge in [-0.2, -0.15) is 15.4 Å². The Morgan fingerprint density at radius 3 is 2.64 bits per heavy atom. The molecule has 0 saturated carbocycles. The van der Waals surface area contributed by atoms with E-state index in [-0.39, 0.29) is 22.8 Å². The highest BCUT2D eigenvalue weighted by atomic mass is 32.2. The summed E-state index contributed by atoms with van der Waals surface area (Å²) in [7, 11) is -3.91. The fourth-order valence-electron chi connectivity index (χ4n) is 4.01. The van der Waals surface area contributed by atoms with Crippen LogP contribution < -0.4 is 14.8 Å². The molecule has 11 nitrogen and oxygen atoms in total. The Morgan fingerprint density at radius 1 is 0.897 bits per heavy atom. The molecule has 0 bridgehead atoms. The van der Waals surface area contributed by atoms with E-state index in [1.807, 2.05) is 35.0 Å². The summed E-state index contributed by atoms with van der Waals surface area (Å²) in [4.78, 5) is 17.5. The molecule has 3 aromatic heterocycles. The van der Waals surface area contributed by atoms with Crippen molar-refractivity contribution in [3.8, 4) is 5.75 Å². The summed E-state index contributed by atoms with van der Waals surface area (Å²) < 4.78 is 36.1. The van der Waals surface area contributed by atoms with E-state index in [9.17, 15) is 13.2 Å². The largest absolute Gasteiger partial charge is 0.487 e. The Kier molecular flexibility index (Phi) is 6.13. The van der Waals surface area contributed by atoms with Gasteiger partial charge in [-0.25, -0.2) is 13.4 Å². The number of pyridine rings is 1. The minimum absolute atomic E-state index is 0.0270. The van der Waals surface area contributed by atoms with Crippen LogP contribution in [0.4, 0.5) is 11.4 Å². The molecule has 0 aliphatic rings. The highest BCUT2D eigenvalue weighted by Crippen LogP contribution is 2.22. The summed E-state index contributed by atoms with van der Waals surface area (Å²) in [5, 5.41) is 13.1. The number of nitrogens with zero attached hydrogens (tertiary/aromatic N) is 4. The number of nitrogens with one attached hydrogen (secondary N) is 3. The smallest absolute Gasteiger partial charge is 0.261 e. The monoisotopic (exact) mass is 539 g/mol. The number of aromatic amines is 1. The van der Waals surface area contributed by atoms with Gasteiger partial charge in [-0.3, -0.25) is 9.52 Å². The minimum atomic E-state index is -3.91. The normalized spacial score (nSPS) is 11.5. The van der Waals surface area contributed by atoms with Crippen LogP contribution >= 0.6 is 0 Å². The molecule has 0 atom stereocenters. The quantitative estimate of drug-likeness (QED) is 0.262. The molecule has 1 amide bonds. The molecule has 0 aliphatic carbocycles. The SMILES string of the molecule is O=C(Nc1cccc(OCc2cn3ccccc3n2)c1)c1cccc(NS(=O)(=O)c2ccc3n[nH]nc3c2)c1. The summed E-state index contributed by atoms with van der Waals surface area (Å²) in [5.74, 6) is 0.160. The molecule has 0 unspecified atom stereocenters. The number of amides is 1. The number of anilines is 2. The maximum absolute atomic E-state index is 12.9. The number of imidazole rings is 1. The van der Waals surface area contributed by atoms with Gasteiger partial charge in [0.1, 0.15) is 29.0 Å². The lowest BCUT2D eigenvalue weighted by molar-refractivity contribution is 0.102. The molecule has 0 saturated heterocycles. The molecule has 0 spiro atoms. The van der Waals surface area contributed by atoms with Crippen molar-refractivity contribution in [1.29, 1.82) is 0 Å². The molecule has 6 aromatic rings. The number of carbonyl (C=O) groups excluding carboxylic acids is 1. The van der Waals surface area contributed by atoms with Crippen LogP contribution in [0.15, 0.2) is 102 Å². The molecule has 0 aliphatic heterocycles. The zero-order valence-corrected chi connectivity index (χ0v) is 21.1. The van der Waals surface area contributed by atoms with Crippen LogP contribution in [0.3, 0.4) is 0 Å². The Hall–Kier alpha value is -5.23. The van der Waals surface area contributed by atoms with Crippen molar-refractivity contribution >= 4 is 44.0 Å². The van der Waals surface area contributed by atoms with Gasteiger partial charge < -0.3 is 14.5 Å². The van der Waals surface area contributed by atoms with Gasteiger partial charge in [0.2, 0.25) is 0 Å². The van der Waals surface area contributed by atoms with Crippen molar-refractivity contribution in [2.24, 2.45) is 0 Å². The zero-order chi connectivity index (χ0) is 26.8. The van der Waals surface area contributed by atoms with E-state index in [0.29, 0.717) is 22.5 Å². The first-order chi connectivity index (χ1) is 18.9. The van der Waals surface area contributed by atoms with Crippen LogP contribution in [0.1, 0.15) is 16.1 Å². The van der Waals surface area contributed by atoms with Crippen molar-refractivity contribution in [3.63, 3.8) is 0 Å². The molecule has 0 fully saturated rings. The molecule has 3 aromatic carbocycles. The average Bonchev–Trinajstić information content (AvgIpc) is 3.58. The third-order valence-electron chi connectivity index (χ3n) is 5.87. The Bertz CT molecular complexity index is 1900. The van der Waals surface area contributed by atoms with E-state index in [4.69, 9.17) is 4.74 Å². The topological polar surface area (TPSA) is 143 Å². The Morgan fingerprint density at radius 2 is 1.74 bits per heavy atom. The highest BCUT2D eigenvalue weighted by Gasteiger charge is 2.17. The number of H-pyrrole nitrogens is 1. The average molecular weight is 540 g/mol. The second-order valence-electron chi connectivity index (χ2n) is 8.63. The van der Waals surface area contributed by atoms with Crippen molar-refractivity contribution in [2.45, 2.75) is 11.5 Å². The molecule has 3 heterocycles. The van der Waals surface area contributed by atoms with Gasteiger partial charge >= 0.3 is 0 Å². The summed E-state index contributed by atoms with van der Waals surface area (Å²) in [6.45, 7) is 0.269. The first kappa shape index (κ1) is 24.1. The standard InChI is InChI=1S/C27H21N7O4S/c35-27(29-19-6-4-8-22(14-19)38-17-21-16-34-12-2-1-9-26(34)28-21)18-5-3-7-20(13-18)32-39(36,37)23-10-11-24-25(15-23)31-33-30-24/h1-16,32H,17H2,(H,29,35)(H,30,31,33). The van der Waals surface area contributed by atoms with Crippen molar-refractivity contribution in [1.82, 2.24) is 24.8 Å². The van der Waals surface area contributed by atoms with Crippen molar-refractivity contribution in [3.05, 3.63) is 109 Å². The predicted molar refractivity (Wildman–Crippen MR) is 145 cm³/mol. The molecule has 194 valence electrons. The molecular formula is C27H21N7O4S. The van der Waals surface area contributed by atoms with E-state index in [2.05, 4.69) is 30.4 Å². The third-order valence-corrected chi connectivity index (χ3v) is 7.25. The summed E-state index contributed by atoms with van der Waals surface area (Å²) in [6.07, 6.45) is 3.81. The van der Waals surface area contributed by atoms with Gasteiger partial charge in [-0.05, 0) is 60.7 Å². The number of rotatable bonds is 8. The van der Waals surface area contributed by atoms with Crippen molar-refractivity contribution in [2.75, 3.05) is 10.0 Å². The van der Waals surface area contributed by atoms with Gasteiger partial charge in [-0.1, -0.05) is 18.2 Å². The van der Waals surface area contributed by atoms with Gasteiger partial charge in [0.25, 0.3) is 15.9 Å². The van der Waals surface area contributed by atoms with Crippen LogP contribution in [0.5, 0.6) is 5.75 Å². The number of sulfonamides is 1. The van der Waals surface area contributed by atoms with Gasteiger partial charge in [0, 0.05) is 35.4 Å². The number of ether oxygens (including phenoxy) is 1. The second kappa shape index (κ2) is 9.91.